The van der Waals surface area contributed by atoms with Crippen molar-refractivity contribution in [2.24, 2.45) is 5.73 Å². The number of nitrogens with one attached hydrogen (secondary N) is 1. The van der Waals surface area contributed by atoms with E-state index in [1.807, 2.05) is 25.1 Å². The summed E-state index contributed by atoms with van der Waals surface area (Å²) in [7, 11) is 0. The summed E-state index contributed by atoms with van der Waals surface area (Å²) in [5.74, 6) is -0.158. The van der Waals surface area contributed by atoms with Gasteiger partial charge in [-0.1, -0.05) is 27.2 Å². The highest BCUT2D eigenvalue weighted by Crippen LogP contribution is 2.23. The van der Waals surface area contributed by atoms with Gasteiger partial charge in [-0.05, 0) is 24.6 Å². The van der Waals surface area contributed by atoms with Gasteiger partial charge in [0, 0.05) is 16.7 Å². The van der Waals surface area contributed by atoms with Crippen LogP contribution in [0.3, 0.4) is 0 Å². The lowest BCUT2D eigenvalue weighted by atomic mass is 10.2. The molecule has 19 heavy (non-hydrogen) atoms. The van der Waals surface area contributed by atoms with Crippen LogP contribution in [-0.2, 0) is 17.9 Å². The number of nitrogens with zero attached hydrogens (tertiary/aromatic N) is 3. The predicted molar refractivity (Wildman–Crippen MR) is 75.4 cm³/mol. The van der Waals surface area contributed by atoms with Gasteiger partial charge in [0.05, 0.1) is 11.9 Å². The molecule has 0 aliphatic rings. The number of benzene rings is 1. The van der Waals surface area contributed by atoms with Crippen molar-refractivity contribution in [3.8, 4) is 0 Å². The largest absolute Gasteiger partial charge is 0.325 e. The number of anilines is 1. The van der Waals surface area contributed by atoms with Gasteiger partial charge in [0.25, 0.3) is 0 Å². The van der Waals surface area contributed by atoms with Crippen molar-refractivity contribution in [3.63, 3.8) is 0 Å². The molecule has 0 saturated carbocycles. The zero-order valence-electron chi connectivity index (χ0n) is 10.4. The van der Waals surface area contributed by atoms with Gasteiger partial charge in [0.2, 0.25) is 5.91 Å². The van der Waals surface area contributed by atoms with Gasteiger partial charge >= 0.3 is 0 Å². The fourth-order valence-corrected chi connectivity index (χ4v) is 1.96. The summed E-state index contributed by atoms with van der Waals surface area (Å²) in [5, 5.41) is 10.5. The summed E-state index contributed by atoms with van der Waals surface area (Å²) >= 11 is 3.42. The van der Waals surface area contributed by atoms with E-state index in [0.29, 0.717) is 12.2 Å². The first-order valence-electron chi connectivity index (χ1n) is 5.74. The molecule has 0 radical (unpaired) electrons. The maximum absolute atomic E-state index is 11.9. The van der Waals surface area contributed by atoms with E-state index in [1.54, 1.807) is 6.20 Å². The molecule has 1 amide bonds. The van der Waals surface area contributed by atoms with E-state index in [9.17, 15) is 4.79 Å². The summed E-state index contributed by atoms with van der Waals surface area (Å²) < 4.78 is 2.42. The molecule has 1 heterocycles. The number of aromatic nitrogens is 3. The van der Waals surface area contributed by atoms with Gasteiger partial charge in [0.15, 0.2) is 0 Å². The van der Waals surface area contributed by atoms with Crippen LogP contribution in [0.2, 0.25) is 0 Å². The number of carbonyl (C=O) groups is 1. The van der Waals surface area contributed by atoms with Gasteiger partial charge in [-0.25, -0.2) is 4.68 Å². The molecule has 0 atom stereocenters. The van der Waals surface area contributed by atoms with Crippen LogP contribution in [0.5, 0.6) is 0 Å². The minimum Gasteiger partial charge on any atom is -0.325 e. The average molecular weight is 324 g/mol. The number of amides is 1. The maximum atomic E-state index is 11.9. The maximum Gasteiger partial charge on any atom is 0.246 e. The van der Waals surface area contributed by atoms with Gasteiger partial charge in [0.1, 0.15) is 6.54 Å². The Bertz CT molecular complexity index is 596. The Kier molecular flexibility index (Phi) is 4.28. The number of nitrogens with two attached hydrogens (primary N) is 1. The molecule has 6 nitrogen and oxygen atoms in total. The average Bonchev–Trinajstić information content (AvgIpc) is 2.82. The van der Waals surface area contributed by atoms with E-state index in [0.717, 1.165) is 15.7 Å². The van der Waals surface area contributed by atoms with Crippen LogP contribution in [0, 0.1) is 6.92 Å². The van der Waals surface area contributed by atoms with Crippen LogP contribution in [0.4, 0.5) is 5.69 Å². The molecular weight excluding hydrogens is 310 g/mol. The quantitative estimate of drug-likeness (QED) is 0.891. The zero-order chi connectivity index (χ0) is 13.8. The molecule has 1 aromatic heterocycles. The van der Waals surface area contributed by atoms with E-state index in [2.05, 4.69) is 31.6 Å². The van der Waals surface area contributed by atoms with Crippen LogP contribution in [0.1, 0.15) is 11.3 Å². The molecular formula is C12H14BrN5O. The van der Waals surface area contributed by atoms with Crippen LogP contribution < -0.4 is 11.1 Å². The summed E-state index contributed by atoms with van der Waals surface area (Å²) in [6.45, 7) is 2.35. The molecule has 3 N–H and O–H groups in total. The van der Waals surface area contributed by atoms with Crippen LogP contribution in [-0.4, -0.2) is 20.9 Å². The minimum atomic E-state index is -0.158. The molecule has 0 fully saturated rings. The number of hydrogen-bond donors (Lipinski definition) is 2. The second-order valence-electron chi connectivity index (χ2n) is 4.07. The van der Waals surface area contributed by atoms with Crippen LogP contribution in [0.15, 0.2) is 28.9 Å². The number of rotatable bonds is 4. The molecule has 0 unspecified atom stereocenters. The molecule has 2 rings (SSSR count). The van der Waals surface area contributed by atoms with Gasteiger partial charge < -0.3 is 11.1 Å². The summed E-state index contributed by atoms with van der Waals surface area (Å²) in [4.78, 5) is 11.9. The van der Waals surface area contributed by atoms with E-state index in [4.69, 9.17) is 5.73 Å². The van der Waals surface area contributed by atoms with Crippen LogP contribution in [0.25, 0.3) is 0 Å². The van der Waals surface area contributed by atoms with Crippen molar-refractivity contribution in [3.05, 3.63) is 40.1 Å². The molecule has 1 aromatic carbocycles. The Morgan fingerprint density at radius 1 is 1.53 bits per heavy atom. The van der Waals surface area contributed by atoms with Crippen LogP contribution >= 0.6 is 15.9 Å². The molecule has 0 aliphatic carbocycles. The first kappa shape index (κ1) is 13.7. The Morgan fingerprint density at radius 2 is 2.32 bits per heavy atom. The lowest BCUT2D eigenvalue weighted by molar-refractivity contribution is -0.116. The zero-order valence-corrected chi connectivity index (χ0v) is 12.0. The molecule has 7 heteroatoms. The highest BCUT2D eigenvalue weighted by Gasteiger charge is 2.08. The van der Waals surface area contributed by atoms with Crippen molar-refractivity contribution in [2.45, 2.75) is 20.0 Å². The van der Waals surface area contributed by atoms with Crippen molar-refractivity contribution in [1.82, 2.24) is 15.0 Å². The third-order valence-corrected chi connectivity index (χ3v) is 3.50. The molecule has 100 valence electrons. The second kappa shape index (κ2) is 5.94. The predicted octanol–water partition coefficient (Wildman–Crippen LogP) is 1.45. The van der Waals surface area contributed by atoms with E-state index in [-0.39, 0.29) is 12.5 Å². The normalized spacial score (nSPS) is 10.5. The lowest BCUT2D eigenvalue weighted by Crippen LogP contribution is -2.19. The van der Waals surface area contributed by atoms with E-state index in [1.165, 1.54) is 4.68 Å². The lowest BCUT2D eigenvalue weighted by Gasteiger charge is -2.09. The monoisotopic (exact) mass is 323 g/mol. The molecule has 0 aliphatic heterocycles. The van der Waals surface area contributed by atoms with E-state index >= 15 is 0 Å². The number of hydrogen-bond acceptors (Lipinski definition) is 4. The third-order valence-electron chi connectivity index (χ3n) is 2.64. The molecule has 2 aromatic rings. The number of halogens is 1. The molecule has 0 saturated heterocycles. The summed E-state index contributed by atoms with van der Waals surface area (Å²) in [6.07, 6.45) is 1.66. The fraction of sp³-hybridized carbons (Fsp3) is 0.250. The Morgan fingerprint density at radius 3 is 3.00 bits per heavy atom. The smallest absolute Gasteiger partial charge is 0.246 e. The van der Waals surface area contributed by atoms with Crippen molar-refractivity contribution >= 4 is 27.5 Å². The van der Waals surface area contributed by atoms with Gasteiger partial charge in [-0.15, -0.1) is 5.10 Å². The Balaban J connectivity index is 2.03. The molecule has 0 spiro atoms. The summed E-state index contributed by atoms with van der Waals surface area (Å²) in [6, 6.07) is 5.65. The van der Waals surface area contributed by atoms with Crippen molar-refractivity contribution in [1.29, 1.82) is 0 Å². The third kappa shape index (κ3) is 3.39. The van der Waals surface area contributed by atoms with Gasteiger partial charge in [-0.2, -0.15) is 0 Å². The number of carbonyl (C=O) groups excluding carboxylic acids is 1. The summed E-state index contributed by atoms with van der Waals surface area (Å²) in [5.41, 5.74) is 7.85. The first-order chi connectivity index (χ1) is 9.10. The highest BCUT2D eigenvalue weighted by molar-refractivity contribution is 9.10. The molecule has 0 bridgehead atoms. The standard InChI is InChI=1S/C12H14BrN5O/c1-8-10(13)3-2-4-11(8)15-12(19)7-18-6-9(5-14)16-17-18/h2-4,6H,5,7,14H2,1H3,(H,15,19). The van der Waals surface area contributed by atoms with Gasteiger partial charge in [-0.3, -0.25) is 4.79 Å². The minimum absolute atomic E-state index is 0.110. The van der Waals surface area contributed by atoms with E-state index < -0.39 is 0 Å². The SMILES string of the molecule is Cc1c(Br)cccc1NC(=O)Cn1cc(CN)nn1. The Labute approximate surface area is 119 Å². The van der Waals surface area contributed by atoms with Crippen molar-refractivity contribution < 1.29 is 4.79 Å². The van der Waals surface area contributed by atoms with Crippen molar-refractivity contribution in [2.75, 3.05) is 5.32 Å². The second-order valence-corrected chi connectivity index (χ2v) is 4.93. The fourth-order valence-electron chi connectivity index (χ4n) is 1.59. The Hall–Kier alpha value is -1.73. The highest BCUT2D eigenvalue weighted by atomic mass is 79.9. The topological polar surface area (TPSA) is 85.8 Å². The first-order valence-corrected chi connectivity index (χ1v) is 6.53.